The van der Waals surface area contributed by atoms with Gasteiger partial charge in [-0.1, -0.05) is 66.7 Å². The average molecular weight is 400 g/mol. The van der Waals surface area contributed by atoms with Gasteiger partial charge in [0.25, 0.3) is 0 Å². The lowest BCUT2D eigenvalue weighted by Crippen LogP contribution is -2.30. The van der Waals surface area contributed by atoms with Crippen LogP contribution in [0.2, 0.25) is 0 Å². The minimum Gasteiger partial charge on any atom is -0.370 e. The van der Waals surface area contributed by atoms with Crippen LogP contribution in [0.3, 0.4) is 0 Å². The summed E-state index contributed by atoms with van der Waals surface area (Å²) in [6.07, 6.45) is 2.43. The largest absolute Gasteiger partial charge is 0.370 e. The number of nitrogens with zero attached hydrogens (tertiary/aromatic N) is 1. The molecule has 0 radical (unpaired) electrons. The molecule has 0 spiro atoms. The Morgan fingerprint density at radius 1 is 0.867 bits per heavy atom. The molecule has 3 aromatic rings. The molecule has 154 valence electrons. The van der Waals surface area contributed by atoms with E-state index in [0.29, 0.717) is 0 Å². The Hall–Kier alpha value is -3.11. The minimum atomic E-state index is -0.0191. The first-order chi connectivity index (χ1) is 14.7. The van der Waals surface area contributed by atoms with Crippen molar-refractivity contribution in [2.75, 3.05) is 29.9 Å². The average Bonchev–Trinajstić information content (AvgIpc) is 3.33. The molecular weight excluding hydrogens is 370 g/mol. The van der Waals surface area contributed by atoms with Crippen molar-refractivity contribution >= 4 is 17.3 Å². The second kappa shape index (κ2) is 9.59. The van der Waals surface area contributed by atoms with Crippen LogP contribution in [0.4, 0.5) is 11.4 Å². The Morgan fingerprint density at radius 3 is 2.23 bits per heavy atom. The highest BCUT2D eigenvalue weighted by Gasteiger charge is 2.16. The number of hydrogen-bond donors (Lipinski definition) is 2. The number of para-hydroxylation sites is 2. The van der Waals surface area contributed by atoms with Crippen LogP contribution in [0.25, 0.3) is 11.1 Å². The fraction of sp³-hybridized carbons (Fsp3) is 0.269. The number of carbonyl (C=O) groups is 1. The van der Waals surface area contributed by atoms with Gasteiger partial charge in [-0.05, 0) is 48.6 Å². The second-order valence-electron chi connectivity index (χ2n) is 7.85. The van der Waals surface area contributed by atoms with Crippen LogP contribution in [0.5, 0.6) is 0 Å². The van der Waals surface area contributed by atoms with E-state index in [1.165, 1.54) is 29.5 Å². The van der Waals surface area contributed by atoms with Crippen molar-refractivity contribution in [1.29, 1.82) is 0 Å². The Balaban J connectivity index is 1.33. The van der Waals surface area contributed by atoms with Gasteiger partial charge < -0.3 is 15.5 Å². The topological polar surface area (TPSA) is 44.4 Å². The van der Waals surface area contributed by atoms with Crippen molar-refractivity contribution in [3.8, 4) is 11.1 Å². The van der Waals surface area contributed by atoms with Crippen molar-refractivity contribution < 1.29 is 4.79 Å². The maximum Gasteiger partial charge on any atom is 0.238 e. The molecule has 0 aromatic heterocycles. The van der Waals surface area contributed by atoms with Gasteiger partial charge in [0.05, 0.1) is 17.9 Å². The van der Waals surface area contributed by atoms with Crippen LogP contribution in [0.15, 0.2) is 78.9 Å². The fourth-order valence-electron chi connectivity index (χ4n) is 3.97. The normalized spacial score (nSPS) is 14.5. The summed E-state index contributed by atoms with van der Waals surface area (Å²) in [5.74, 6) is -0.0191. The predicted octanol–water partition coefficient (Wildman–Crippen LogP) is 5.24. The molecule has 4 heteroatoms. The van der Waals surface area contributed by atoms with Crippen LogP contribution < -0.4 is 15.5 Å². The Bertz CT molecular complexity index is 963. The van der Waals surface area contributed by atoms with Gasteiger partial charge in [0, 0.05) is 19.1 Å². The molecule has 30 heavy (non-hydrogen) atoms. The zero-order valence-electron chi connectivity index (χ0n) is 17.5. The van der Waals surface area contributed by atoms with E-state index in [1.54, 1.807) is 0 Å². The number of anilines is 2. The molecule has 1 heterocycles. The van der Waals surface area contributed by atoms with E-state index in [2.05, 4.69) is 64.9 Å². The summed E-state index contributed by atoms with van der Waals surface area (Å²) in [4.78, 5) is 14.9. The lowest BCUT2D eigenvalue weighted by atomic mass is 10.0. The number of rotatable bonds is 7. The number of benzene rings is 3. The van der Waals surface area contributed by atoms with Crippen LogP contribution >= 0.6 is 0 Å². The molecule has 1 aliphatic heterocycles. The Kier molecular flexibility index (Phi) is 6.45. The standard InChI is InChI=1S/C26H29N3O/c1-20(21-13-15-23(16-14-21)22-9-3-2-4-10-22)27-19-26(30)28-24-11-5-6-12-25(24)29-17-7-8-18-29/h2-6,9-16,20,27H,7-8,17-19H2,1H3,(H,28,30)/t20-/m1/s1. The maximum atomic E-state index is 12.6. The third-order valence-electron chi connectivity index (χ3n) is 5.71. The van der Waals surface area contributed by atoms with Gasteiger partial charge in [0.2, 0.25) is 5.91 Å². The molecule has 1 atom stereocenters. The molecule has 1 saturated heterocycles. The smallest absolute Gasteiger partial charge is 0.238 e. The highest BCUT2D eigenvalue weighted by atomic mass is 16.1. The molecule has 1 aliphatic rings. The van der Waals surface area contributed by atoms with E-state index in [-0.39, 0.29) is 18.5 Å². The Labute approximate surface area is 178 Å². The van der Waals surface area contributed by atoms with Gasteiger partial charge in [-0.25, -0.2) is 0 Å². The summed E-state index contributed by atoms with van der Waals surface area (Å²) >= 11 is 0. The van der Waals surface area contributed by atoms with Crippen LogP contribution in [0.1, 0.15) is 31.4 Å². The number of hydrogen-bond acceptors (Lipinski definition) is 3. The van der Waals surface area contributed by atoms with Crippen LogP contribution in [-0.4, -0.2) is 25.5 Å². The summed E-state index contributed by atoms with van der Waals surface area (Å²) in [5.41, 5.74) is 5.59. The molecule has 4 rings (SSSR count). The molecule has 1 amide bonds. The van der Waals surface area contributed by atoms with Gasteiger partial charge in [-0.15, -0.1) is 0 Å². The number of carbonyl (C=O) groups excluding carboxylic acids is 1. The SMILES string of the molecule is C[C@@H](NCC(=O)Nc1ccccc1N1CCCC1)c1ccc(-c2ccccc2)cc1. The summed E-state index contributed by atoms with van der Waals surface area (Å²) in [6.45, 7) is 4.47. The number of amides is 1. The van der Waals surface area contributed by atoms with E-state index >= 15 is 0 Å². The lowest BCUT2D eigenvalue weighted by molar-refractivity contribution is -0.115. The van der Waals surface area contributed by atoms with Crippen molar-refractivity contribution in [1.82, 2.24) is 5.32 Å². The molecule has 0 saturated carbocycles. The van der Waals surface area contributed by atoms with Crippen molar-refractivity contribution in [2.45, 2.75) is 25.8 Å². The lowest BCUT2D eigenvalue weighted by Gasteiger charge is -2.22. The van der Waals surface area contributed by atoms with E-state index in [1.807, 2.05) is 36.4 Å². The summed E-state index contributed by atoms with van der Waals surface area (Å²) in [6, 6.07) is 27.0. The molecule has 1 fully saturated rings. The molecular formula is C26H29N3O. The summed E-state index contributed by atoms with van der Waals surface area (Å²) < 4.78 is 0. The first-order valence-electron chi connectivity index (χ1n) is 10.7. The van der Waals surface area contributed by atoms with E-state index in [0.717, 1.165) is 24.5 Å². The van der Waals surface area contributed by atoms with Crippen molar-refractivity contribution in [3.05, 3.63) is 84.4 Å². The van der Waals surface area contributed by atoms with Gasteiger partial charge in [-0.2, -0.15) is 0 Å². The van der Waals surface area contributed by atoms with Crippen molar-refractivity contribution in [3.63, 3.8) is 0 Å². The summed E-state index contributed by atoms with van der Waals surface area (Å²) in [5, 5.41) is 6.42. The zero-order chi connectivity index (χ0) is 20.8. The zero-order valence-corrected chi connectivity index (χ0v) is 17.5. The van der Waals surface area contributed by atoms with E-state index in [9.17, 15) is 4.79 Å². The summed E-state index contributed by atoms with van der Waals surface area (Å²) in [7, 11) is 0. The number of nitrogens with one attached hydrogen (secondary N) is 2. The quantitative estimate of drug-likeness (QED) is 0.571. The Morgan fingerprint density at radius 2 is 1.50 bits per heavy atom. The second-order valence-corrected chi connectivity index (χ2v) is 7.85. The van der Waals surface area contributed by atoms with E-state index in [4.69, 9.17) is 0 Å². The monoisotopic (exact) mass is 399 g/mol. The van der Waals surface area contributed by atoms with Crippen LogP contribution in [0, 0.1) is 0 Å². The van der Waals surface area contributed by atoms with Gasteiger partial charge in [-0.3, -0.25) is 4.79 Å². The predicted molar refractivity (Wildman–Crippen MR) is 125 cm³/mol. The molecule has 2 N–H and O–H groups in total. The maximum absolute atomic E-state index is 12.6. The first kappa shape index (κ1) is 20.2. The highest BCUT2D eigenvalue weighted by molar-refractivity contribution is 5.95. The fourth-order valence-corrected chi connectivity index (χ4v) is 3.97. The minimum absolute atomic E-state index is 0.0191. The molecule has 4 nitrogen and oxygen atoms in total. The highest BCUT2D eigenvalue weighted by Crippen LogP contribution is 2.28. The molecule has 0 unspecified atom stereocenters. The van der Waals surface area contributed by atoms with Crippen LogP contribution in [-0.2, 0) is 4.79 Å². The van der Waals surface area contributed by atoms with E-state index < -0.39 is 0 Å². The van der Waals surface area contributed by atoms with Gasteiger partial charge in [0.1, 0.15) is 0 Å². The molecule has 0 bridgehead atoms. The van der Waals surface area contributed by atoms with Crippen molar-refractivity contribution in [2.24, 2.45) is 0 Å². The van der Waals surface area contributed by atoms with Gasteiger partial charge in [0.15, 0.2) is 0 Å². The molecule has 0 aliphatic carbocycles. The first-order valence-corrected chi connectivity index (χ1v) is 10.7. The molecule has 3 aromatic carbocycles. The third-order valence-corrected chi connectivity index (χ3v) is 5.71. The van der Waals surface area contributed by atoms with Gasteiger partial charge >= 0.3 is 0 Å². The third kappa shape index (κ3) is 4.89.